The molecule has 146 valence electrons. The van der Waals surface area contributed by atoms with E-state index in [9.17, 15) is 18.5 Å². The van der Waals surface area contributed by atoms with E-state index in [0.717, 1.165) is 0 Å². The highest BCUT2D eigenvalue weighted by Crippen LogP contribution is 2.25. The fraction of sp³-hybridized carbons (Fsp3) is 0.412. The number of nitrogens with two attached hydrogens (primary N) is 1. The number of benzene rings is 1. The zero-order valence-corrected chi connectivity index (χ0v) is 16.4. The van der Waals surface area contributed by atoms with Crippen LogP contribution in [0.3, 0.4) is 0 Å². The smallest absolute Gasteiger partial charge is 0.267 e. The summed E-state index contributed by atoms with van der Waals surface area (Å²) in [5, 5.41) is 12.2. The van der Waals surface area contributed by atoms with Crippen molar-refractivity contribution in [2.45, 2.75) is 12.5 Å². The Morgan fingerprint density at radius 3 is 2.85 bits per heavy atom. The number of sulfone groups is 1. The summed E-state index contributed by atoms with van der Waals surface area (Å²) in [6.45, 7) is 0.689. The van der Waals surface area contributed by atoms with Gasteiger partial charge in [0.1, 0.15) is 11.6 Å². The number of anilines is 2. The lowest BCUT2D eigenvalue weighted by atomic mass is 10.2. The summed E-state index contributed by atoms with van der Waals surface area (Å²) in [7, 11) is -1.59. The fourth-order valence-corrected chi connectivity index (χ4v) is 4.69. The highest BCUT2D eigenvalue weighted by atomic mass is 35.5. The van der Waals surface area contributed by atoms with E-state index in [1.54, 1.807) is 11.0 Å². The molecule has 1 amide bonds. The second kappa shape index (κ2) is 9.08. The number of hydrogen-bond acceptors (Lipinski definition) is 7. The van der Waals surface area contributed by atoms with Crippen molar-refractivity contribution in [1.29, 1.82) is 5.26 Å². The number of hydrogen-bond donors (Lipinski definition) is 2. The Kier molecular flexibility index (Phi) is 7.07. The molecule has 1 aromatic rings. The van der Waals surface area contributed by atoms with Crippen molar-refractivity contribution in [3.05, 3.63) is 35.0 Å². The molecule has 10 heteroatoms. The molecule has 2 rings (SSSR count). The van der Waals surface area contributed by atoms with E-state index in [2.05, 4.69) is 5.32 Å². The Hall–Kier alpha value is -2.28. The van der Waals surface area contributed by atoms with E-state index in [0.29, 0.717) is 30.9 Å². The lowest BCUT2D eigenvalue weighted by Gasteiger charge is -2.26. The fourth-order valence-electron chi connectivity index (χ4n) is 2.71. The molecule has 0 spiro atoms. The summed E-state index contributed by atoms with van der Waals surface area (Å²) in [6, 6.07) is 6.15. The number of rotatable bonds is 7. The molecule has 0 bridgehead atoms. The molecule has 1 fully saturated rings. The third-order valence-electron chi connectivity index (χ3n) is 4.13. The SMILES string of the molecule is COCCN(/C=C(/C#N)C(=O)Nc1ccc(N)cc1Cl)C1CCS(=O)(=O)C1. The second-order valence-corrected chi connectivity index (χ2v) is 8.77. The van der Waals surface area contributed by atoms with Gasteiger partial charge in [-0.15, -0.1) is 0 Å². The largest absolute Gasteiger partial charge is 0.399 e. The number of carbonyl (C=O) groups is 1. The van der Waals surface area contributed by atoms with E-state index in [4.69, 9.17) is 22.1 Å². The van der Waals surface area contributed by atoms with Crippen molar-refractivity contribution < 1.29 is 17.9 Å². The Morgan fingerprint density at radius 2 is 2.30 bits per heavy atom. The molecular formula is C17H21ClN4O4S. The van der Waals surface area contributed by atoms with E-state index < -0.39 is 15.7 Å². The molecule has 8 nitrogen and oxygen atoms in total. The standard InChI is InChI=1S/C17H21ClN4O4S/c1-26-6-5-22(14-4-7-27(24,25)11-14)10-12(9-19)17(23)21-16-3-2-13(20)8-15(16)18/h2-3,8,10,14H,4-7,11,20H2,1H3,(H,21,23)/b12-10-. The Balaban J connectivity index is 2.21. The molecule has 1 atom stereocenters. The van der Waals surface area contributed by atoms with Gasteiger partial charge < -0.3 is 20.7 Å². The van der Waals surface area contributed by atoms with Gasteiger partial charge in [0.2, 0.25) is 0 Å². The maximum atomic E-state index is 12.5. The Bertz CT molecular complexity index is 879. The average molecular weight is 413 g/mol. The predicted molar refractivity (Wildman–Crippen MR) is 104 cm³/mol. The van der Waals surface area contributed by atoms with Crippen LogP contribution in [-0.4, -0.2) is 57.0 Å². The number of nitrogens with one attached hydrogen (secondary N) is 1. The molecule has 3 N–H and O–H groups in total. The zero-order valence-electron chi connectivity index (χ0n) is 14.8. The van der Waals surface area contributed by atoms with Crippen LogP contribution in [0.5, 0.6) is 0 Å². The first-order valence-electron chi connectivity index (χ1n) is 8.19. The third-order valence-corrected chi connectivity index (χ3v) is 6.20. The number of methoxy groups -OCH3 is 1. The molecule has 0 aliphatic carbocycles. The first-order chi connectivity index (χ1) is 12.8. The van der Waals surface area contributed by atoms with E-state index in [-0.39, 0.29) is 28.1 Å². The van der Waals surface area contributed by atoms with Crippen molar-refractivity contribution in [2.24, 2.45) is 0 Å². The maximum absolute atomic E-state index is 12.5. The van der Waals surface area contributed by atoms with Crippen LogP contribution in [0.2, 0.25) is 5.02 Å². The van der Waals surface area contributed by atoms with Crippen LogP contribution in [-0.2, 0) is 19.4 Å². The van der Waals surface area contributed by atoms with Crippen molar-refractivity contribution in [3.8, 4) is 6.07 Å². The molecular weight excluding hydrogens is 392 g/mol. The number of carbonyl (C=O) groups excluding carboxylic acids is 1. The van der Waals surface area contributed by atoms with Crippen molar-refractivity contribution in [2.75, 3.05) is 42.8 Å². The van der Waals surface area contributed by atoms with Crippen molar-refractivity contribution >= 4 is 38.7 Å². The first kappa shape index (κ1) is 21.0. The van der Waals surface area contributed by atoms with E-state index >= 15 is 0 Å². The zero-order chi connectivity index (χ0) is 20.0. The normalized spacial score (nSPS) is 18.7. The lowest BCUT2D eigenvalue weighted by Crippen LogP contribution is -2.35. The quantitative estimate of drug-likeness (QED) is 0.394. The van der Waals surface area contributed by atoms with Gasteiger partial charge in [0.25, 0.3) is 5.91 Å². The highest BCUT2D eigenvalue weighted by Gasteiger charge is 2.31. The Morgan fingerprint density at radius 1 is 1.56 bits per heavy atom. The summed E-state index contributed by atoms with van der Waals surface area (Å²) in [5.74, 6) is -0.575. The van der Waals surface area contributed by atoms with Crippen LogP contribution in [0.15, 0.2) is 30.0 Å². The third kappa shape index (κ3) is 5.85. The van der Waals surface area contributed by atoms with Gasteiger partial charge in [-0.25, -0.2) is 8.42 Å². The number of nitrogens with zero attached hydrogens (tertiary/aromatic N) is 2. The van der Waals surface area contributed by atoms with Gasteiger partial charge >= 0.3 is 0 Å². The number of ether oxygens (including phenoxy) is 1. The minimum Gasteiger partial charge on any atom is -0.399 e. The first-order valence-corrected chi connectivity index (χ1v) is 10.4. The van der Waals surface area contributed by atoms with Crippen LogP contribution >= 0.6 is 11.6 Å². The summed E-state index contributed by atoms with van der Waals surface area (Å²) >= 11 is 6.04. The van der Waals surface area contributed by atoms with Crippen LogP contribution in [0.25, 0.3) is 0 Å². The summed E-state index contributed by atoms with van der Waals surface area (Å²) in [4.78, 5) is 14.1. The number of amides is 1. The van der Waals surface area contributed by atoms with Gasteiger partial charge in [0, 0.05) is 31.6 Å². The molecule has 0 aromatic heterocycles. The van der Waals surface area contributed by atoms with Gasteiger partial charge in [0.15, 0.2) is 9.84 Å². The monoisotopic (exact) mass is 412 g/mol. The predicted octanol–water partition coefficient (Wildman–Crippen LogP) is 1.40. The number of nitriles is 1. The summed E-state index contributed by atoms with van der Waals surface area (Å²) < 4.78 is 28.6. The maximum Gasteiger partial charge on any atom is 0.267 e. The Labute approximate surface area is 163 Å². The minimum absolute atomic E-state index is 0.0165. The van der Waals surface area contributed by atoms with E-state index in [1.807, 2.05) is 6.07 Å². The van der Waals surface area contributed by atoms with Crippen molar-refractivity contribution in [3.63, 3.8) is 0 Å². The number of nitrogen functional groups attached to an aromatic ring is 1. The van der Waals surface area contributed by atoms with Gasteiger partial charge in [-0.05, 0) is 24.6 Å². The number of halogens is 1. The molecule has 1 aliphatic heterocycles. The highest BCUT2D eigenvalue weighted by molar-refractivity contribution is 7.91. The molecule has 0 saturated carbocycles. The van der Waals surface area contributed by atoms with Gasteiger partial charge in [-0.1, -0.05) is 11.6 Å². The molecule has 1 aromatic carbocycles. The molecule has 1 heterocycles. The molecule has 0 radical (unpaired) electrons. The molecule has 1 saturated heterocycles. The van der Waals surface area contributed by atoms with Crippen LogP contribution < -0.4 is 11.1 Å². The van der Waals surface area contributed by atoms with Crippen LogP contribution in [0, 0.1) is 11.3 Å². The topological polar surface area (TPSA) is 126 Å². The average Bonchev–Trinajstić information content (AvgIpc) is 2.97. The van der Waals surface area contributed by atoms with E-state index in [1.165, 1.54) is 25.4 Å². The van der Waals surface area contributed by atoms with Gasteiger partial charge in [0.05, 0.1) is 28.8 Å². The lowest BCUT2D eigenvalue weighted by molar-refractivity contribution is -0.112. The summed E-state index contributed by atoms with van der Waals surface area (Å²) in [5.41, 5.74) is 6.23. The van der Waals surface area contributed by atoms with Gasteiger partial charge in [-0.3, -0.25) is 4.79 Å². The molecule has 27 heavy (non-hydrogen) atoms. The van der Waals surface area contributed by atoms with Crippen LogP contribution in [0.4, 0.5) is 11.4 Å². The van der Waals surface area contributed by atoms with Crippen LogP contribution in [0.1, 0.15) is 6.42 Å². The van der Waals surface area contributed by atoms with Crippen molar-refractivity contribution in [1.82, 2.24) is 4.90 Å². The van der Waals surface area contributed by atoms with Gasteiger partial charge in [-0.2, -0.15) is 5.26 Å². The second-order valence-electron chi connectivity index (χ2n) is 6.14. The summed E-state index contributed by atoms with van der Waals surface area (Å²) in [6.07, 6.45) is 1.82. The minimum atomic E-state index is -3.11. The molecule has 1 aliphatic rings. The molecule has 1 unspecified atom stereocenters.